The number of thiophene rings is 1. The molecular formula is C28H16N2S. The van der Waals surface area contributed by atoms with Gasteiger partial charge in [0, 0.05) is 38.1 Å². The fourth-order valence-corrected chi connectivity index (χ4v) is 5.54. The number of pyridine rings is 1. The van der Waals surface area contributed by atoms with E-state index in [0.717, 1.165) is 11.1 Å². The fraction of sp³-hybridized carbons (Fsp3) is 0. The first-order valence-electron chi connectivity index (χ1n) is 10.1. The maximum absolute atomic E-state index is 9.32. The molecule has 2 heterocycles. The molecule has 31 heavy (non-hydrogen) atoms. The monoisotopic (exact) mass is 412 g/mol. The Kier molecular flexibility index (Phi) is 4.06. The second-order valence-corrected chi connectivity index (χ2v) is 8.68. The smallest absolute Gasteiger partial charge is 0.101 e. The molecule has 144 valence electrons. The third kappa shape index (κ3) is 2.89. The number of benzene rings is 4. The van der Waals surface area contributed by atoms with Gasteiger partial charge in [0.15, 0.2) is 0 Å². The third-order valence-electron chi connectivity index (χ3n) is 5.76. The average Bonchev–Trinajstić information content (AvgIpc) is 3.22. The SMILES string of the molecule is N#Cc1cncc(-c2cc3sc4cc(-c5ccccc5)ccc4c3c3ccccc23)c1. The number of hydrogen-bond donors (Lipinski definition) is 0. The highest BCUT2D eigenvalue weighted by atomic mass is 32.1. The predicted molar refractivity (Wildman–Crippen MR) is 130 cm³/mol. The van der Waals surface area contributed by atoms with Gasteiger partial charge in [-0.3, -0.25) is 4.98 Å². The van der Waals surface area contributed by atoms with Crippen molar-refractivity contribution in [3.8, 4) is 28.3 Å². The molecule has 6 rings (SSSR count). The van der Waals surface area contributed by atoms with E-state index in [1.54, 1.807) is 6.20 Å². The van der Waals surface area contributed by atoms with Crippen molar-refractivity contribution >= 4 is 42.3 Å². The fourth-order valence-electron chi connectivity index (χ4n) is 4.34. The van der Waals surface area contributed by atoms with Crippen molar-refractivity contribution in [2.45, 2.75) is 0 Å². The lowest BCUT2D eigenvalue weighted by Gasteiger charge is -2.09. The number of fused-ring (bicyclic) bond motifs is 5. The first-order chi connectivity index (χ1) is 15.3. The molecule has 6 aromatic rings. The van der Waals surface area contributed by atoms with E-state index < -0.39 is 0 Å². The summed E-state index contributed by atoms with van der Waals surface area (Å²) in [6, 6.07) is 32.2. The Labute approximate surface area is 183 Å². The zero-order valence-corrected chi connectivity index (χ0v) is 17.4. The van der Waals surface area contributed by atoms with E-state index in [9.17, 15) is 5.26 Å². The minimum atomic E-state index is 0.575. The van der Waals surface area contributed by atoms with Crippen LogP contribution in [0.25, 0.3) is 53.2 Å². The summed E-state index contributed by atoms with van der Waals surface area (Å²) in [6.07, 6.45) is 3.45. The maximum Gasteiger partial charge on any atom is 0.101 e. The van der Waals surface area contributed by atoms with Crippen molar-refractivity contribution in [1.29, 1.82) is 5.26 Å². The molecule has 0 unspecified atom stereocenters. The second kappa shape index (κ2) is 7.05. The van der Waals surface area contributed by atoms with E-state index in [2.05, 4.69) is 83.8 Å². The summed E-state index contributed by atoms with van der Waals surface area (Å²) in [5.41, 5.74) is 5.12. The Morgan fingerprint density at radius 1 is 0.645 bits per heavy atom. The van der Waals surface area contributed by atoms with Gasteiger partial charge in [0.2, 0.25) is 0 Å². The molecule has 0 atom stereocenters. The first-order valence-corrected chi connectivity index (χ1v) is 10.9. The number of nitriles is 1. The molecule has 0 radical (unpaired) electrons. The molecule has 0 N–H and O–H groups in total. The minimum absolute atomic E-state index is 0.575. The first kappa shape index (κ1) is 17.8. The molecule has 0 amide bonds. The van der Waals surface area contributed by atoms with Crippen LogP contribution in [0, 0.1) is 11.3 Å². The van der Waals surface area contributed by atoms with Gasteiger partial charge >= 0.3 is 0 Å². The topological polar surface area (TPSA) is 36.7 Å². The lowest BCUT2D eigenvalue weighted by atomic mass is 9.95. The predicted octanol–water partition coefficient (Wildman–Crippen LogP) is 7.81. The molecule has 0 saturated carbocycles. The summed E-state index contributed by atoms with van der Waals surface area (Å²) in [5.74, 6) is 0. The summed E-state index contributed by atoms with van der Waals surface area (Å²) in [4.78, 5) is 4.29. The number of rotatable bonds is 2. The van der Waals surface area contributed by atoms with Crippen LogP contribution in [0.1, 0.15) is 5.56 Å². The molecule has 0 spiro atoms. The van der Waals surface area contributed by atoms with E-state index >= 15 is 0 Å². The molecule has 3 heteroatoms. The highest BCUT2D eigenvalue weighted by molar-refractivity contribution is 7.26. The van der Waals surface area contributed by atoms with Crippen LogP contribution in [0.2, 0.25) is 0 Å². The zero-order valence-electron chi connectivity index (χ0n) is 16.5. The number of nitrogens with zero attached hydrogens (tertiary/aromatic N) is 2. The van der Waals surface area contributed by atoms with Crippen LogP contribution in [0.15, 0.2) is 97.3 Å². The van der Waals surface area contributed by atoms with Crippen LogP contribution in [0.3, 0.4) is 0 Å². The molecule has 0 saturated heterocycles. The Bertz CT molecular complexity index is 1640. The van der Waals surface area contributed by atoms with Crippen molar-refractivity contribution in [2.75, 3.05) is 0 Å². The summed E-state index contributed by atoms with van der Waals surface area (Å²) >= 11 is 1.82. The van der Waals surface area contributed by atoms with Crippen molar-refractivity contribution in [3.63, 3.8) is 0 Å². The highest BCUT2D eigenvalue weighted by Crippen LogP contribution is 2.43. The van der Waals surface area contributed by atoms with Crippen LogP contribution in [0.5, 0.6) is 0 Å². The van der Waals surface area contributed by atoms with Crippen LogP contribution >= 0.6 is 11.3 Å². The van der Waals surface area contributed by atoms with E-state index in [4.69, 9.17) is 0 Å². The zero-order chi connectivity index (χ0) is 20.8. The van der Waals surface area contributed by atoms with Crippen molar-refractivity contribution in [1.82, 2.24) is 4.98 Å². The normalized spacial score (nSPS) is 11.2. The number of aromatic nitrogens is 1. The largest absolute Gasteiger partial charge is 0.263 e. The number of hydrogen-bond acceptors (Lipinski definition) is 3. The molecule has 0 aliphatic heterocycles. The summed E-state index contributed by atoms with van der Waals surface area (Å²) in [5, 5.41) is 14.3. The Morgan fingerprint density at radius 2 is 1.45 bits per heavy atom. The van der Waals surface area contributed by atoms with E-state index in [0.29, 0.717) is 5.56 Å². The van der Waals surface area contributed by atoms with Gasteiger partial charge in [-0.25, -0.2) is 0 Å². The minimum Gasteiger partial charge on any atom is -0.263 e. The van der Waals surface area contributed by atoms with E-state index in [-0.39, 0.29) is 0 Å². The van der Waals surface area contributed by atoms with Crippen LogP contribution < -0.4 is 0 Å². The van der Waals surface area contributed by atoms with Crippen molar-refractivity contribution in [3.05, 3.63) is 103 Å². The van der Waals surface area contributed by atoms with Gasteiger partial charge in [-0.15, -0.1) is 11.3 Å². The summed E-state index contributed by atoms with van der Waals surface area (Å²) in [6.45, 7) is 0. The molecule has 0 bridgehead atoms. The maximum atomic E-state index is 9.32. The van der Waals surface area contributed by atoms with Crippen molar-refractivity contribution < 1.29 is 0 Å². The Balaban J connectivity index is 1.66. The van der Waals surface area contributed by atoms with E-state index in [1.807, 2.05) is 29.7 Å². The highest BCUT2D eigenvalue weighted by Gasteiger charge is 2.14. The molecule has 0 aliphatic rings. The van der Waals surface area contributed by atoms with E-state index in [1.165, 1.54) is 42.1 Å². The van der Waals surface area contributed by atoms with Gasteiger partial charge in [0.1, 0.15) is 6.07 Å². The Hall–Kier alpha value is -4.00. The molecule has 2 nitrogen and oxygen atoms in total. The van der Waals surface area contributed by atoms with Gasteiger partial charge in [0.05, 0.1) is 5.56 Å². The molecule has 2 aromatic heterocycles. The van der Waals surface area contributed by atoms with Gasteiger partial charge in [-0.05, 0) is 45.7 Å². The summed E-state index contributed by atoms with van der Waals surface area (Å²) < 4.78 is 2.53. The molecular weight excluding hydrogens is 396 g/mol. The second-order valence-electron chi connectivity index (χ2n) is 7.60. The lowest BCUT2D eigenvalue weighted by Crippen LogP contribution is -1.86. The lowest BCUT2D eigenvalue weighted by molar-refractivity contribution is 1.30. The Morgan fingerprint density at radius 3 is 2.29 bits per heavy atom. The quantitative estimate of drug-likeness (QED) is 0.291. The third-order valence-corrected chi connectivity index (χ3v) is 6.86. The van der Waals surface area contributed by atoms with Crippen molar-refractivity contribution in [2.24, 2.45) is 0 Å². The molecule has 4 aromatic carbocycles. The molecule has 0 aliphatic carbocycles. The average molecular weight is 413 g/mol. The molecule has 0 fully saturated rings. The van der Waals surface area contributed by atoms with Gasteiger partial charge < -0.3 is 0 Å². The van der Waals surface area contributed by atoms with Crippen LogP contribution in [0.4, 0.5) is 0 Å². The van der Waals surface area contributed by atoms with Crippen LogP contribution in [-0.2, 0) is 0 Å². The standard InChI is InChI=1S/C28H16N2S/c29-15-18-12-21(17-30-16-18)25-14-27-28(23-9-5-4-8-22(23)25)24-11-10-20(13-26(24)31-27)19-6-2-1-3-7-19/h1-14,16-17H. The van der Waals surface area contributed by atoms with Gasteiger partial charge in [0.25, 0.3) is 0 Å². The van der Waals surface area contributed by atoms with Gasteiger partial charge in [-0.2, -0.15) is 5.26 Å². The van der Waals surface area contributed by atoms with Crippen LogP contribution in [-0.4, -0.2) is 4.98 Å². The summed E-state index contributed by atoms with van der Waals surface area (Å²) in [7, 11) is 0. The van der Waals surface area contributed by atoms with Gasteiger partial charge in [-0.1, -0.05) is 66.7 Å².